The van der Waals surface area contributed by atoms with E-state index >= 15 is 0 Å². The van der Waals surface area contributed by atoms with E-state index in [0.29, 0.717) is 31.3 Å². The first-order valence-corrected chi connectivity index (χ1v) is 11.8. The van der Waals surface area contributed by atoms with E-state index in [-0.39, 0.29) is 12.7 Å². The van der Waals surface area contributed by atoms with Gasteiger partial charge in [-0.3, -0.25) is 0 Å². The maximum Gasteiger partial charge on any atom is 0.341 e. The van der Waals surface area contributed by atoms with Crippen LogP contribution >= 0.6 is 0 Å². The van der Waals surface area contributed by atoms with Gasteiger partial charge in [0.2, 0.25) is 0 Å². The molecule has 2 aliphatic heterocycles. The first-order valence-electron chi connectivity index (χ1n) is 11.8. The van der Waals surface area contributed by atoms with Crippen molar-refractivity contribution in [3.8, 4) is 34.1 Å². The molecule has 1 atom stereocenters. The van der Waals surface area contributed by atoms with E-state index in [4.69, 9.17) is 28.8 Å². The van der Waals surface area contributed by atoms with Crippen molar-refractivity contribution < 1.29 is 33.6 Å². The molecular weight excluding hydrogens is 448 g/mol. The van der Waals surface area contributed by atoms with E-state index in [0.717, 1.165) is 53.2 Å². The lowest BCUT2D eigenvalue weighted by Gasteiger charge is -2.17. The minimum absolute atomic E-state index is 0.0909. The summed E-state index contributed by atoms with van der Waals surface area (Å²) in [5, 5.41) is 8.74. The van der Waals surface area contributed by atoms with Gasteiger partial charge in [-0.15, -0.1) is 0 Å². The molecule has 0 aromatic heterocycles. The highest BCUT2D eigenvalue weighted by Gasteiger charge is 2.22. The zero-order valence-electron chi connectivity index (χ0n) is 19.6. The number of aliphatic carboxylic acids is 1. The molecule has 0 spiro atoms. The fourth-order valence-corrected chi connectivity index (χ4v) is 4.36. The molecule has 0 radical (unpaired) electrons. The first kappa shape index (κ1) is 23.1. The van der Waals surface area contributed by atoms with Crippen molar-refractivity contribution in [1.82, 2.24) is 0 Å². The van der Waals surface area contributed by atoms with E-state index in [9.17, 15) is 4.79 Å². The number of carboxylic acid groups (broad SMARTS) is 1. The topological polar surface area (TPSA) is 83.5 Å². The summed E-state index contributed by atoms with van der Waals surface area (Å²) in [4.78, 5) is 10.7. The predicted octanol–water partition coefficient (Wildman–Crippen LogP) is 4.81. The number of ether oxygens (including phenoxy) is 5. The summed E-state index contributed by atoms with van der Waals surface area (Å²) in [5.41, 5.74) is 5.49. The van der Waals surface area contributed by atoms with Crippen LogP contribution in [-0.4, -0.2) is 43.6 Å². The quantitative estimate of drug-likeness (QED) is 0.475. The minimum Gasteiger partial charge on any atom is -0.492 e. The molecule has 35 heavy (non-hydrogen) atoms. The lowest BCUT2D eigenvalue weighted by atomic mass is 9.95. The fourth-order valence-electron chi connectivity index (χ4n) is 4.36. The molecule has 182 valence electrons. The van der Waals surface area contributed by atoms with Crippen LogP contribution in [0.5, 0.6) is 23.0 Å². The Morgan fingerprint density at radius 2 is 1.74 bits per heavy atom. The molecule has 5 rings (SSSR count). The van der Waals surface area contributed by atoms with Crippen molar-refractivity contribution in [2.45, 2.75) is 32.5 Å². The van der Waals surface area contributed by atoms with Crippen molar-refractivity contribution in [1.29, 1.82) is 0 Å². The third kappa shape index (κ3) is 5.52. The monoisotopic (exact) mass is 476 g/mol. The molecule has 1 saturated heterocycles. The smallest absolute Gasteiger partial charge is 0.341 e. The third-order valence-electron chi connectivity index (χ3n) is 6.12. The number of hydrogen-bond acceptors (Lipinski definition) is 6. The maximum atomic E-state index is 10.7. The van der Waals surface area contributed by atoms with Crippen LogP contribution in [0.2, 0.25) is 0 Å². The molecule has 2 aliphatic rings. The van der Waals surface area contributed by atoms with Gasteiger partial charge >= 0.3 is 5.97 Å². The first-order chi connectivity index (χ1) is 17.0. The highest BCUT2D eigenvalue weighted by molar-refractivity contribution is 5.77. The molecule has 1 N–H and O–H groups in total. The molecule has 0 saturated carbocycles. The van der Waals surface area contributed by atoms with Gasteiger partial charge < -0.3 is 28.8 Å². The zero-order chi connectivity index (χ0) is 24.2. The number of rotatable bonds is 9. The number of carboxylic acids is 1. The SMILES string of the molecule is Cc1ccc(O[C@H]2CCOC2)cc1-c1cc(COc2ccc(OCC(=O)O)cc2)cc2c1OCC2. The van der Waals surface area contributed by atoms with E-state index in [1.54, 1.807) is 24.3 Å². The largest absolute Gasteiger partial charge is 0.492 e. The molecule has 7 heteroatoms. The van der Waals surface area contributed by atoms with Crippen molar-refractivity contribution in [2.75, 3.05) is 26.4 Å². The van der Waals surface area contributed by atoms with Gasteiger partial charge in [-0.1, -0.05) is 6.07 Å². The Kier molecular flexibility index (Phi) is 6.77. The second kappa shape index (κ2) is 10.3. The highest BCUT2D eigenvalue weighted by Crippen LogP contribution is 2.41. The summed E-state index contributed by atoms with van der Waals surface area (Å²) >= 11 is 0. The number of benzene rings is 3. The molecular formula is C28H28O7. The number of hydrogen-bond donors (Lipinski definition) is 1. The van der Waals surface area contributed by atoms with Gasteiger partial charge in [-0.25, -0.2) is 4.79 Å². The summed E-state index contributed by atoms with van der Waals surface area (Å²) in [6.45, 7) is 4.14. The van der Waals surface area contributed by atoms with Gasteiger partial charge in [0.25, 0.3) is 0 Å². The fraction of sp³-hybridized carbons (Fsp3) is 0.321. The molecule has 0 aliphatic carbocycles. The predicted molar refractivity (Wildman–Crippen MR) is 130 cm³/mol. The van der Waals surface area contributed by atoms with Crippen molar-refractivity contribution in [2.24, 2.45) is 0 Å². The lowest BCUT2D eigenvalue weighted by Crippen LogP contribution is -2.15. The number of carbonyl (C=O) groups is 1. The second-order valence-electron chi connectivity index (χ2n) is 8.75. The molecule has 7 nitrogen and oxygen atoms in total. The molecule has 1 fully saturated rings. The molecule has 0 unspecified atom stereocenters. The number of fused-ring (bicyclic) bond motifs is 1. The van der Waals surface area contributed by atoms with E-state index in [2.05, 4.69) is 31.2 Å². The van der Waals surface area contributed by atoms with Gasteiger partial charge in [0.15, 0.2) is 6.61 Å². The van der Waals surface area contributed by atoms with Crippen LogP contribution < -0.4 is 18.9 Å². The van der Waals surface area contributed by atoms with Crippen LogP contribution in [0.25, 0.3) is 11.1 Å². The molecule has 2 heterocycles. The Balaban J connectivity index is 1.35. The summed E-state index contributed by atoms with van der Waals surface area (Å²) in [7, 11) is 0. The van der Waals surface area contributed by atoms with Crippen molar-refractivity contribution in [3.05, 3.63) is 71.3 Å². The lowest BCUT2D eigenvalue weighted by molar-refractivity contribution is -0.139. The van der Waals surface area contributed by atoms with Crippen LogP contribution in [-0.2, 0) is 22.6 Å². The van der Waals surface area contributed by atoms with Gasteiger partial charge in [0.05, 0.1) is 19.8 Å². The third-order valence-corrected chi connectivity index (χ3v) is 6.12. The van der Waals surface area contributed by atoms with Crippen LogP contribution in [0.4, 0.5) is 0 Å². The Hall–Kier alpha value is -3.71. The summed E-state index contributed by atoms with van der Waals surface area (Å²) in [5.74, 6) is 1.91. The van der Waals surface area contributed by atoms with Gasteiger partial charge in [0.1, 0.15) is 35.7 Å². The van der Waals surface area contributed by atoms with E-state index in [1.807, 2.05) is 6.07 Å². The maximum absolute atomic E-state index is 10.7. The standard InChI is InChI=1S/C28H28O7/c1-18-2-3-23(35-24-9-10-31-16-24)14-25(18)26-13-19(12-20-8-11-32-28(20)26)15-33-21-4-6-22(7-5-21)34-17-27(29)30/h2-7,12-14,24H,8-11,15-17H2,1H3,(H,29,30)/t24-/m0/s1. The summed E-state index contributed by atoms with van der Waals surface area (Å²) in [6.07, 6.45) is 1.86. The Labute approximate surface area is 204 Å². The van der Waals surface area contributed by atoms with Gasteiger partial charge in [-0.2, -0.15) is 0 Å². The molecule has 3 aromatic rings. The average molecular weight is 477 g/mol. The molecule has 0 amide bonds. The summed E-state index contributed by atoms with van der Waals surface area (Å²) < 4.78 is 28.8. The second-order valence-corrected chi connectivity index (χ2v) is 8.75. The van der Waals surface area contributed by atoms with Crippen LogP contribution in [0.3, 0.4) is 0 Å². The Morgan fingerprint density at radius 3 is 2.49 bits per heavy atom. The minimum atomic E-state index is -1.01. The van der Waals surface area contributed by atoms with Crippen LogP contribution in [0.1, 0.15) is 23.1 Å². The average Bonchev–Trinajstić information content (AvgIpc) is 3.55. The Morgan fingerprint density at radius 1 is 0.971 bits per heavy atom. The molecule has 0 bridgehead atoms. The Bertz CT molecular complexity index is 1200. The van der Waals surface area contributed by atoms with Gasteiger partial charge in [0, 0.05) is 18.4 Å². The highest BCUT2D eigenvalue weighted by atomic mass is 16.5. The van der Waals surface area contributed by atoms with E-state index < -0.39 is 5.97 Å². The van der Waals surface area contributed by atoms with Crippen molar-refractivity contribution in [3.63, 3.8) is 0 Å². The number of aryl methyl sites for hydroxylation is 1. The normalized spacial score (nSPS) is 16.4. The van der Waals surface area contributed by atoms with Gasteiger partial charge in [-0.05, 0) is 77.7 Å². The zero-order valence-corrected chi connectivity index (χ0v) is 19.6. The molecule has 3 aromatic carbocycles. The van der Waals surface area contributed by atoms with Crippen molar-refractivity contribution >= 4 is 5.97 Å². The van der Waals surface area contributed by atoms with E-state index in [1.165, 1.54) is 5.56 Å². The van der Waals surface area contributed by atoms with Crippen LogP contribution in [0.15, 0.2) is 54.6 Å². The summed E-state index contributed by atoms with van der Waals surface area (Å²) in [6, 6.07) is 17.4. The van der Waals surface area contributed by atoms with Crippen LogP contribution in [0, 0.1) is 6.92 Å².